The number of pyridine rings is 1. The quantitative estimate of drug-likeness (QED) is 0.363. The van der Waals surface area contributed by atoms with Gasteiger partial charge in [-0.15, -0.1) is 0 Å². The van der Waals surface area contributed by atoms with Crippen LogP contribution in [0.5, 0.6) is 0 Å². The first-order valence-corrected chi connectivity index (χ1v) is 8.78. The van der Waals surface area contributed by atoms with E-state index in [1.54, 1.807) is 31.5 Å². The van der Waals surface area contributed by atoms with Crippen LogP contribution in [0.4, 0.5) is 5.69 Å². The Balaban J connectivity index is 1.96. The smallest absolute Gasteiger partial charge is 0.328 e. The van der Waals surface area contributed by atoms with E-state index in [2.05, 4.69) is 15.6 Å². The highest BCUT2D eigenvalue weighted by molar-refractivity contribution is 5.97. The minimum Gasteiger partial charge on any atom is -0.464 e. The van der Waals surface area contributed by atoms with Gasteiger partial charge in [0.15, 0.2) is 0 Å². The van der Waals surface area contributed by atoms with Gasteiger partial charge in [-0.1, -0.05) is 12.1 Å². The molecule has 0 saturated carbocycles. The van der Waals surface area contributed by atoms with Crippen molar-refractivity contribution in [3.05, 3.63) is 70.0 Å². The number of aromatic nitrogens is 1. The Labute approximate surface area is 166 Å². The normalized spacial score (nSPS) is 11.2. The molecule has 152 valence electrons. The first-order valence-electron chi connectivity index (χ1n) is 8.78. The van der Waals surface area contributed by atoms with E-state index in [0.717, 1.165) is 11.6 Å². The third-order valence-electron chi connectivity index (χ3n) is 3.80. The summed E-state index contributed by atoms with van der Waals surface area (Å²) in [7, 11) is 0. The van der Waals surface area contributed by atoms with Gasteiger partial charge in [0, 0.05) is 36.5 Å². The Morgan fingerprint density at radius 3 is 2.69 bits per heavy atom. The molecular weight excluding hydrogens is 380 g/mol. The average Bonchev–Trinajstić information content (AvgIpc) is 2.72. The van der Waals surface area contributed by atoms with Gasteiger partial charge in [0.1, 0.15) is 6.04 Å². The van der Waals surface area contributed by atoms with Crippen molar-refractivity contribution in [2.75, 3.05) is 13.2 Å². The largest absolute Gasteiger partial charge is 0.464 e. The van der Waals surface area contributed by atoms with Crippen LogP contribution in [0.15, 0.2) is 48.8 Å². The Kier molecular flexibility index (Phi) is 7.78. The number of nitro groups is 1. The fourth-order valence-electron chi connectivity index (χ4n) is 2.46. The van der Waals surface area contributed by atoms with Crippen molar-refractivity contribution in [1.82, 2.24) is 15.6 Å². The van der Waals surface area contributed by atoms with Crippen LogP contribution in [0.25, 0.3) is 0 Å². The lowest BCUT2D eigenvalue weighted by molar-refractivity contribution is -0.384. The van der Waals surface area contributed by atoms with E-state index < -0.39 is 35.3 Å². The van der Waals surface area contributed by atoms with Gasteiger partial charge < -0.3 is 15.4 Å². The summed E-state index contributed by atoms with van der Waals surface area (Å²) in [4.78, 5) is 50.6. The molecule has 29 heavy (non-hydrogen) atoms. The van der Waals surface area contributed by atoms with Crippen molar-refractivity contribution in [2.45, 2.75) is 19.4 Å². The highest BCUT2D eigenvalue weighted by atomic mass is 16.6. The van der Waals surface area contributed by atoms with E-state index in [1.807, 2.05) is 0 Å². The number of non-ortho nitro benzene ring substituents is 1. The van der Waals surface area contributed by atoms with Crippen molar-refractivity contribution in [3.8, 4) is 0 Å². The number of nitrogens with zero attached hydrogens (tertiary/aromatic N) is 2. The van der Waals surface area contributed by atoms with E-state index in [1.165, 1.54) is 18.2 Å². The first kappa shape index (κ1) is 21.5. The summed E-state index contributed by atoms with van der Waals surface area (Å²) < 4.78 is 4.98. The topological polar surface area (TPSA) is 141 Å². The number of amides is 2. The molecule has 0 bridgehead atoms. The van der Waals surface area contributed by atoms with E-state index in [0.29, 0.717) is 0 Å². The number of nitro benzene ring substituents is 1. The highest BCUT2D eigenvalue weighted by Gasteiger charge is 2.23. The van der Waals surface area contributed by atoms with Gasteiger partial charge in [-0.3, -0.25) is 24.7 Å². The number of carbonyl (C=O) groups is 3. The number of benzene rings is 1. The number of hydrogen-bond acceptors (Lipinski definition) is 7. The van der Waals surface area contributed by atoms with Crippen LogP contribution in [-0.4, -0.2) is 46.9 Å². The minimum atomic E-state index is -0.943. The number of nitrogens with one attached hydrogen (secondary N) is 2. The third kappa shape index (κ3) is 6.69. The maximum Gasteiger partial charge on any atom is 0.328 e. The highest BCUT2D eigenvalue weighted by Crippen LogP contribution is 2.12. The second kappa shape index (κ2) is 10.5. The lowest BCUT2D eigenvalue weighted by atomic mass is 10.1. The Hall–Kier alpha value is -3.82. The monoisotopic (exact) mass is 400 g/mol. The SMILES string of the molecule is CCOC(=O)C(Cc1cccnc1)NC(=O)CNC(=O)c1cccc([N+](=O)[O-])c1. The summed E-state index contributed by atoms with van der Waals surface area (Å²) in [5, 5.41) is 15.7. The van der Waals surface area contributed by atoms with Crippen LogP contribution < -0.4 is 10.6 Å². The van der Waals surface area contributed by atoms with Crippen LogP contribution in [0.3, 0.4) is 0 Å². The summed E-state index contributed by atoms with van der Waals surface area (Å²) in [6.07, 6.45) is 3.34. The number of carbonyl (C=O) groups excluding carboxylic acids is 3. The molecule has 1 atom stereocenters. The van der Waals surface area contributed by atoms with Gasteiger partial charge in [0.2, 0.25) is 5.91 Å². The molecule has 0 saturated heterocycles. The van der Waals surface area contributed by atoms with Gasteiger partial charge in [0.25, 0.3) is 11.6 Å². The Morgan fingerprint density at radius 2 is 2.03 bits per heavy atom. The molecule has 0 spiro atoms. The zero-order valence-electron chi connectivity index (χ0n) is 15.7. The van der Waals surface area contributed by atoms with E-state index in [9.17, 15) is 24.5 Å². The summed E-state index contributed by atoms with van der Waals surface area (Å²) in [5.41, 5.74) is 0.539. The summed E-state index contributed by atoms with van der Waals surface area (Å²) in [5.74, 6) is -1.86. The van der Waals surface area contributed by atoms with Crippen LogP contribution >= 0.6 is 0 Å². The number of rotatable bonds is 9. The molecule has 1 aromatic heterocycles. The van der Waals surface area contributed by atoms with Gasteiger partial charge in [-0.05, 0) is 24.6 Å². The molecule has 0 aliphatic heterocycles. The summed E-state index contributed by atoms with van der Waals surface area (Å²) in [6, 6.07) is 7.65. The molecule has 1 heterocycles. The molecule has 0 radical (unpaired) electrons. The molecule has 2 N–H and O–H groups in total. The number of hydrogen-bond donors (Lipinski definition) is 2. The lowest BCUT2D eigenvalue weighted by Gasteiger charge is -2.17. The predicted molar refractivity (Wildman–Crippen MR) is 102 cm³/mol. The fraction of sp³-hybridized carbons (Fsp3) is 0.263. The van der Waals surface area contributed by atoms with E-state index in [-0.39, 0.29) is 24.3 Å². The molecule has 1 unspecified atom stereocenters. The molecule has 0 fully saturated rings. The maximum atomic E-state index is 12.2. The standard InChI is InChI=1S/C19H20N4O6/c1-2-29-19(26)16(9-13-5-4-8-20-11-13)22-17(24)12-21-18(25)14-6-3-7-15(10-14)23(27)28/h3-8,10-11,16H,2,9,12H2,1H3,(H,21,25)(H,22,24). The van der Waals surface area contributed by atoms with Crippen molar-refractivity contribution >= 4 is 23.5 Å². The van der Waals surface area contributed by atoms with E-state index >= 15 is 0 Å². The second-order valence-electron chi connectivity index (χ2n) is 5.93. The zero-order valence-corrected chi connectivity index (χ0v) is 15.7. The molecule has 10 heteroatoms. The lowest BCUT2D eigenvalue weighted by Crippen LogP contribution is -2.47. The van der Waals surface area contributed by atoms with Gasteiger partial charge in [0.05, 0.1) is 18.1 Å². The number of esters is 1. The summed E-state index contributed by atoms with van der Waals surface area (Å²) >= 11 is 0. The van der Waals surface area contributed by atoms with Gasteiger partial charge >= 0.3 is 5.97 Å². The molecule has 0 aliphatic rings. The van der Waals surface area contributed by atoms with Crippen molar-refractivity contribution in [1.29, 1.82) is 0 Å². The summed E-state index contributed by atoms with van der Waals surface area (Å²) in [6.45, 7) is 1.40. The molecule has 2 aromatic rings. The van der Waals surface area contributed by atoms with Crippen molar-refractivity contribution in [3.63, 3.8) is 0 Å². The van der Waals surface area contributed by atoms with Crippen LogP contribution in [0.1, 0.15) is 22.8 Å². The Bertz CT molecular complexity index is 887. The fourth-order valence-corrected chi connectivity index (χ4v) is 2.46. The number of ether oxygens (including phenoxy) is 1. The molecule has 2 rings (SSSR count). The van der Waals surface area contributed by atoms with Crippen molar-refractivity contribution in [2.24, 2.45) is 0 Å². The average molecular weight is 400 g/mol. The predicted octanol–water partition coefficient (Wildman–Crippen LogP) is 1.01. The molecule has 10 nitrogen and oxygen atoms in total. The maximum absolute atomic E-state index is 12.2. The second-order valence-corrected chi connectivity index (χ2v) is 5.93. The third-order valence-corrected chi connectivity index (χ3v) is 3.80. The van der Waals surface area contributed by atoms with E-state index in [4.69, 9.17) is 4.74 Å². The zero-order chi connectivity index (χ0) is 21.2. The van der Waals surface area contributed by atoms with Gasteiger partial charge in [-0.25, -0.2) is 4.79 Å². The molecule has 0 aliphatic carbocycles. The molecular formula is C19H20N4O6. The van der Waals surface area contributed by atoms with Gasteiger partial charge in [-0.2, -0.15) is 0 Å². The molecule has 1 aromatic carbocycles. The van der Waals surface area contributed by atoms with Crippen molar-refractivity contribution < 1.29 is 24.0 Å². The van der Waals surface area contributed by atoms with Crippen LogP contribution in [0, 0.1) is 10.1 Å². The minimum absolute atomic E-state index is 0.0457. The van der Waals surface area contributed by atoms with Crippen LogP contribution in [-0.2, 0) is 20.7 Å². The molecule has 2 amide bonds. The Morgan fingerprint density at radius 1 is 1.24 bits per heavy atom. The first-order chi connectivity index (χ1) is 13.9. The van der Waals surface area contributed by atoms with Crippen LogP contribution in [0.2, 0.25) is 0 Å².